The van der Waals surface area contributed by atoms with Gasteiger partial charge in [0.2, 0.25) is 0 Å². The number of hydrogen-bond donors (Lipinski definition) is 3. The Morgan fingerprint density at radius 2 is 1.73 bits per heavy atom. The number of aromatic nitrogens is 5. The van der Waals surface area contributed by atoms with E-state index in [9.17, 15) is 4.39 Å². The second-order valence-electron chi connectivity index (χ2n) is 10.8. The van der Waals surface area contributed by atoms with E-state index in [0.717, 1.165) is 50.8 Å². The van der Waals surface area contributed by atoms with Crippen LogP contribution < -0.4 is 19.9 Å². The minimum absolute atomic E-state index is 0.0889. The largest absolute Gasteiger partial charge is 0.421 e. The third-order valence-electron chi connectivity index (χ3n) is 7.64. The maximum Gasteiger partial charge on any atom is 0.326 e. The van der Waals surface area contributed by atoms with Gasteiger partial charge in [0, 0.05) is 72.8 Å². The van der Waals surface area contributed by atoms with Crippen LogP contribution in [-0.2, 0) is 0 Å². The highest BCUT2D eigenvalue weighted by Gasteiger charge is 2.26. The van der Waals surface area contributed by atoms with Gasteiger partial charge in [0.1, 0.15) is 11.6 Å². The number of piperazine rings is 1. The molecule has 1 aliphatic heterocycles. The number of ether oxygens (including phenoxy) is 1. The monoisotopic (exact) mass is 556 g/mol. The van der Waals surface area contributed by atoms with Crippen LogP contribution in [0.5, 0.6) is 11.8 Å². The molecule has 0 atom stereocenters. The van der Waals surface area contributed by atoms with Crippen LogP contribution in [-0.4, -0.2) is 51.3 Å². The van der Waals surface area contributed by atoms with Crippen molar-refractivity contribution in [3.05, 3.63) is 77.1 Å². The molecule has 11 heteroatoms. The van der Waals surface area contributed by atoms with Crippen LogP contribution in [0, 0.1) is 25.5 Å². The van der Waals surface area contributed by atoms with Gasteiger partial charge in [-0.3, -0.25) is 5.10 Å². The smallest absolute Gasteiger partial charge is 0.326 e. The Bertz CT molecular complexity index is 1740. The van der Waals surface area contributed by atoms with Crippen molar-refractivity contribution in [3.63, 3.8) is 0 Å². The van der Waals surface area contributed by atoms with Crippen LogP contribution in [0.25, 0.3) is 10.9 Å². The second kappa shape index (κ2) is 10.1. The summed E-state index contributed by atoms with van der Waals surface area (Å²) in [7, 11) is 0. The van der Waals surface area contributed by atoms with Crippen LogP contribution in [0.1, 0.15) is 35.7 Å². The van der Waals surface area contributed by atoms with Gasteiger partial charge in [-0.25, -0.2) is 8.78 Å². The minimum Gasteiger partial charge on any atom is -0.421 e. The van der Waals surface area contributed by atoms with Crippen LogP contribution >= 0.6 is 0 Å². The molecule has 1 saturated heterocycles. The molecule has 1 saturated carbocycles. The molecule has 7 rings (SSSR count). The lowest BCUT2D eigenvalue weighted by atomic mass is 10.2. The first-order valence-electron chi connectivity index (χ1n) is 13.8. The van der Waals surface area contributed by atoms with Crippen molar-refractivity contribution in [1.82, 2.24) is 25.1 Å². The van der Waals surface area contributed by atoms with Crippen molar-refractivity contribution in [2.75, 3.05) is 41.3 Å². The number of hydrogen-bond acceptors (Lipinski definition) is 7. The zero-order valence-electron chi connectivity index (χ0n) is 22.8. The molecule has 0 bridgehead atoms. The fourth-order valence-corrected chi connectivity index (χ4v) is 5.35. The number of nitrogens with zero attached hydrogens (tertiary/aromatic N) is 5. The van der Waals surface area contributed by atoms with Gasteiger partial charge in [-0.1, -0.05) is 12.1 Å². The normalized spacial score (nSPS) is 15.5. The highest BCUT2D eigenvalue weighted by molar-refractivity contribution is 5.83. The van der Waals surface area contributed by atoms with E-state index >= 15 is 4.39 Å². The maximum absolute atomic E-state index is 15.4. The Morgan fingerprint density at radius 3 is 2.51 bits per heavy atom. The molecule has 3 aromatic heterocycles. The Balaban J connectivity index is 1.18. The Hall–Kier alpha value is -4.67. The van der Waals surface area contributed by atoms with E-state index in [1.807, 2.05) is 12.1 Å². The molecule has 2 aromatic carbocycles. The van der Waals surface area contributed by atoms with Crippen LogP contribution in [0.2, 0.25) is 0 Å². The molecule has 2 aliphatic rings. The molecule has 5 aromatic rings. The lowest BCUT2D eigenvalue weighted by molar-refractivity contribution is 0.410. The number of H-pyrrole nitrogens is 2. The van der Waals surface area contributed by atoms with Gasteiger partial charge in [-0.05, 0) is 50.5 Å². The first kappa shape index (κ1) is 25.3. The summed E-state index contributed by atoms with van der Waals surface area (Å²) >= 11 is 0. The van der Waals surface area contributed by atoms with Crippen molar-refractivity contribution in [2.24, 2.45) is 0 Å². The van der Waals surface area contributed by atoms with Crippen molar-refractivity contribution in [2.45, 2.75) is 32.6 Å². The van der Waals surface area contributed by atoms with E-state index in [2.05, 4.69) is 71.5 Å². The summed E-state index contributed by atoms with van der Waals surface area (Å²) in [5, 5.41) is 10.8. The molecule has 4 heterocycles. The molecule has 9 nitrogen and oxygen atoms in total. The highest BCUT2D eigenvalue weighted by Crippen LogP contribution is 2.40. The maximum atomic E-state index is 15.4. The summed E-state index contributed by atoms with van der Waals surface area (Å²) in [5.41, 5.74) is 4.24. The summed E-state index contributed by atoms with van der Waals surface area (Å²) in [4.78, 5) is 16.4. The number of benzene rings is 2. The zero-order chi connectivity index (χ0) is 28.1. The van der Waals surface area contributed by atoms with Gasteiger partial charge in [0.05, 0.1) is 5.52 Å². The molecule has 1 aliphatic carbocycles. The average Bonchev–Trinajstić information content (AvgIpc) is 3.58. The third-order valence-corrected chi connectivity index (χ3v) is 7.64. The summed E-state index contributed by atoms with van der Waals surface area (Å²) in [5.74, 6) is 0.633. The number of aryl methyl sites for hydroxylation is 2. The number of halogens is 2. The Labute approximate surface area is 235 Å². The standard InChI is InChI=1S/C30H30F2N8O/c1-17-4-3-5-20(12-17)39-8-10-40(11-9-39)27-16-25(34-26-15-23(37-38-26)19-6-7-19)35-30(36-27)41-24-14-22(31)29-21(28(24)32)13-18(2)33-29/h3-5,12-16,19,33H,6-11H2,1-2H3,(H2,34,35,36,37,38). The summed E-state index contributed by atoms with van der Waals surface area (Å²) in [6.45, 7) is 6.88. The summed E-state index contributed by atoms with van der Waals surface area (Å²) in [6, 6.07) is 14.7. The topological polar surface area (TPSA) is 98.0 Å². The molecule has 0 unspecified atom stereocenters. The summed E-state index contributed by atoms with van der Waals surface area (Å²) < 4.78 is 36.0. The van der Waals surface area contributed by atoms with Crippen molar-refractivity contribution < 1.29 is 13.5 Å². The number of aromatic amines is 2. The van der Waals surface area contributed by atoms with E-state index in [0.29, 0.717) is 29.1 Å². The third kappa shape index (κ3) is 5.15. The van der Waals surface area contributed by atoms with Crippen LogP contribution in [0.4, 0.5) is 31.9 Å². The van der Waals surface area contributed by atoms with Gasteiger partial charge in [0.25, 0.3) is 0 Å². The fourth-order valence-electron chi connectivity index (χ4n) is 5.35. The molecule has 3 N–H and O–H groups in total. The van der Waals surface area contributed by atoms with Gasteiger partial charge in [-0.15, -0.1) is 0 Å². The summed E-state index contributed by atoms with van der Waals surface area (Å²) in [6.07, 6.45) is 2.30. The molecule has 0 radical (unpaired) electrons. The van der Waals surface area contributed by atoms with E-state index in [1.54, 1.807) is 13.0 Å². The molecule has 41 heavy (non-hydrogen) atoms. The van der Waals surface area contributed by atoms with E-state index < -0.39 is 11.6 Å². The van der Waals surface area contributed by atoms with Gasteiger partial charge < -0.3 is 24.8 Å². The number of anilines is 4. The van der Waals surface area contributed by atoms with Gasteiger partial charge >= 0.3 is 6.01 Å². The zero-order valence-corrected chi connectivity index (χ0v) is 22.8. The minimum atomic E-state index is -0.678. The number of nitrogens with one attached hydrogen (secondary N) is 3. The molecule has 0 spiro atoms. The highest BCUT2D eigenvalue weighted by atomic mass is 19.1. The van der Waals surface area contributed by atoms with Crippen LogP contribution in [0.15, 0.2) is 48.5 Å². The molecular weight excluding hydrogens is 526 g/mol. The number of fused-ring (bicyclic) bond motifs is 1. The van der Waals surface area contributed by atoms with Crippen molar-refractivity contribution >= 4 is 34.0 Å². The van der Waals surface area contributed by atoms with E-state index in [1.165, 1.54) is 11.3 Å². The molecule has 0 amide bonds. The van der Waals surface area contributed by atoms with Crippen molar-refractivity contribution in [1.29, 1.82) is 0 Å². The van der Waals surface area contributed by atoms with Gasteiger partial charge in [-0.2, -0.15) is 15.1 Å². The number of rotatable bonds is 7. The lowest BCUT2D eigenvalue weighted by Crippen LogP contribution is -2.46. The van der Waals surface area contributed by atoms with Gasteiger partial charge in [0.15, 0.2) is 23.2 Å². The Kier molecular flexibility index (Phi) is 6.21. The predicted molar refractivity (Wildman–Crippen MR) is 155 cm³/mol. The first-order chi connectivity index (χ1) is 19.9. The molecule has 2 fully saturated rings. The predicted octanol–water partition coefficient (Wildman–Crippen LogP) is 6.32. The van der Waals surface area contributed by atoms with Crippen molar-refractivity contribution in [3.8, 4) is 11.8 Å². The first-order valence-corrected chi connectivity index (χ1v) is 13.8. The lowest BCUT2D eigenvalue weighted by Gasteiger charge is -2.37. The van der Waals surface area contributed by atoms with E-state index in [4.69, 9.17) is 4.74 Å². The Morgan fingerprint density at radius 1 is 0.927 bits per heavy atom. The van der Waals surface area contributed by atoms with E-state index in [-0.39, 0.29) is 22.7 Å². The molecular formula is C30H30F2N8O. The molecule has 210 valence electrons. The SMILES string of the molecule is Cc1cccc(N2CCN(c3cc(Nc4cc(C5CC5)[nH]n4)nc(Oc4cc(F)c5[nH]c(C)cc5c4F)n3)CC2)c1. The fraction of sp³-hybridized carbons (Fsp3) is 0.300. The average molecular weight is 557 g/mol. The second-order valence-corrected chi connectivity index (χ2v) is 10.8. The van der Waals surface area contributed by atoms with Crippen LogP contribution in [0.3, 0.4) is 0 Å². The quantitative estimate of drug-likeness (QED) is 0.216.